The summed E-state index contributed by atoms with van der Waals surface area (Å²) in [5.74, 6) is -0.0181. The van der Waals surface area contributed by atoms with Gasteiger partial charge in [0, 0.05) is 24.6 Å². The average Bonchev–Trinajstić information content (AvgIpc) is 3.13. The molecule has 7 heteroatoms. The van der Waals surface area contributed by atoms with Crippen LogP contribution in [-0.4, -0.2) is 28.6 Å². The fraction of sp³-hybridized carbons (Fsp3) is 0.412. The summed E-state index contributed by atoms with van der Waals surface area (Å²) in [7, 11) is 0. The molecule has 2 heterocycles. The van der Waals surface area contributed by atoms with Gasteiger partial charge in [-0.2, -0.15) is 0 Å². The van der Waals surface area contributed by atoms with Crippen LogP contribution in [0.1, 0.15) is 36.6 Å². The van der Waals surface area contributed by atoms with Crippen molar-refractivity contribution in [3.8, 4) is 0 Å². The molecule has 6 nitrogen and oxygen atoms in total. The first kappa shape index (κ1) is 15.3. The zero-order valence-corrected chi connectivity index (χ0v) is 14.0. The van der Waals surface area contributed by atoms with Crippen LogP contribution in [0.25, 0.3) is 0 Å². The minimum absolute atomic E-state index is 0.0197. The molecular weight excluding hydrogens is 324 g/mol. The van der Waals surface area contributed by atoms with Crippen LogP contribution in [0.3, 0.4) is 0 Å². The molecule has 1 atom stereocenters. The zero-order valence-electron chi connectivity index (χ0n) is 13.1. The van der Waals surface area contributed by atoms with E-state index in [9.17, 15) is 9.59 Å². The second kappa shape index (κ2) is 6.32. The first-order valence-corrected chi connectivity index (χ1v) is 9.02. The number of para-hydroxylation sites is 1. The maximum atomic E-state index is 12.4. The van der Waals surface area contributed by atoms with Crippen LogP contribution < -0.4 is 10.2 Å². The highest BCUT2D eigenvalue weighted by molar-refractivity contribution is 7.15. The second-order valence-corrected chi connectivity index (χ2v) is 7.31. The molecule has 1 aromatic carbocycles. The van der Waals surface area contributed by atoms with Crippen molar-refractivity contribution in [1.29, 1.82) is 0 Å². The van der Waals surface area contributed by atoms with E-state index in [1.54, 1.807) is 4.90 Å². The Hall–Kier alpha value is -2.28. The number of carbonyl (C=O) groups is 2. The molecule has 1 aliphatic heterocycles. The van der Waals surface area contributed by atoms with Gasteiger partial charge in [0.2, 0.25) is 16.9 Å². The lowest BCUT2D eigenvalue weighted by molar-refractivity contribution is -0.122. The number of hydrogen-bond donors (Lipinski definition) is 1. The number of hydrogen-bond acceptors (Lipinski definition) is 5. The zero-order chi connectivity index (χ0) is 16.5. The highest BCUT2D eigenvalue weighted by Crippen LogP contribution is 2.38. The van der Waals surface area contributed by atoms with E-state index in [1.807, 2.05) is 30.3 Å². The van der Waals surface area contributed by atoms with Crippen LogP contribution in [0, 0.1) is 5.92 Å². The van der Waals surface area contributed by atoms with Gasteiger partial charge in [0.05, 0.1) is 5.92 Å². The predicted octanol–water partition coefficient (Wildman–Crippen LogP) is 2.80. The van der Waals surface area contributed by atoms with Gasteiger partial charge < -0.3 is 10.2 Å². The summed E-state index contributed by atoms with van der Waals surface area (Å²) in [6.45, 7) is 0.406. The van der Waals surface area contributed by atoms with Crippen molar-refractivity contribution in [2.45, 2.75) is 31.6 Å². The number of rotatable bonds is 4. The second-order valence-electron chi connectivity index (χ2n) is 6.30. The monoisotopic (exact) mass is 342 g/mol. The number of amides is 2. The summed E-state index contributed by atoms with van der Waals surface area (Å²) in [6, 6.07) is 9.45. The molecule has 2 aromatic rings. The highest BCUT2D eigenvalue weighted by atomic mass is 32.1. The van der Waals surface area contributed by atoms with Gasteiger partial charge in [0.15, 0.2) is 0 Å². The van der Waals surface area contributed by atoms with Crippen LogP contribution >= 0.6 is 11.3 Å². The minimum atomic E-state index is -0.353. The van der Waals surface area contributed by atoms with Crippen molar-refractivity contribution in [2.24, 2.45) is 5.92 Å². The number of carbonyl (C=O) groups excluding carboxylic acids is 2. The van der Waals surface area contributed by atoms with E-state index in [2.05, 4.69) is 15.5 Å². The van der Waals surface area contributed by atoms with E-state index in [0.717, 1.165) is 23.5 Å². The van der Waals surface area contributed by atoms with Gasteiger partial charge in [-0.1, -0.05) is 36.0 Å². The number of benzene rings is 1. The van der Waals surface area contributed by atoms with E-state index in [1.165, 1.54) is 17.8 Å². The van der Waals surface area contributed by atoms with Gasteiger partial charge in [-0.05, 0) is 25.0 Å². The summed E-state index contributed by atoms with van der Waals surface area (Å²) in [4.78, 5) is 26.3. The molecule has 2 fully saturated rings. The molecule has 1 aliphatic carbocycles. The lowest BCUT2D eigenvalue weighted by Gasteiger charge is -2.21. The number of anilines is 2. The molecule has 1 aromatic heterocycles. The third kappa shape index (κ3) is 2.91. The molecule has 0 spiro atoms. The molecule has 0 radical (unpaired) electrons. The molecule has 0 bridgehead atoms. The summed E-state index contributed by atoms with van der Waals surface area (Å²) in [5, 5.41) is 12.6. The van der Waals surface area contributed by atoms with Crippen molar-refractivity contribution in [1.82, 2.24) is 10.2 Å². The van der Waals surface area contributed by atoms with Crippen molar-refractivity contribution in [3.63, 3.8) is 0 Å². The molecule has 1 saturated carbocycles. The topological polar surface area (TPSA) is 75.2 Å². The largest absolute Gasteiger partial charge is 0.312 e. The van der Waals surface area contributed by atoms with E-state index >= 15 is 0 Å². The molecule has 24 heavy (non-hydrogen) atoms. The smallest absolute Gasteiger partial charge is 0.231 e. The Morgan fingerprint density at radius 1 is 1.21 bits per heavy atom. The minimum Gasteiger partial charge on any atom is -0.312 e. The van der Waals surface area contributed by atoms with Gasteiger partial charge >= 0.3 is 0 Å². The lowest BCUT2D eigenvalue weighted by atomic mass is 9.86. The highest BCUT2D eigenvalue weighted by Gasteiger charge is 2.35. The van der Waals surface area contributed by atoms with Crippen LogP contribution in [0.4, 0.5) is 10.8 Å². The van der Waals surface area contributed by atoms with Gasteiger partial charge in [0.25, 0.3) is 0 Å². The van der Waals surface area contributed by atoms with E-state index in [0.29, 0.717) is 17.6 Å². The summed E-state index contributed by atoms with van der Waals surface area (Å²) >= 11 is 1.45. The van der Waals surface area contributed by atoms with Crippen LogP contribution in [0.5, 0.6) is 0 Å². The Balaban J connectivity index is 1.40. The number of nitrogens with one attached hydrogen (secondary N) is 1. The van der Waals surface area contributed by atoms with Crippen LogP contribution in [0.15, 0.2) is 30.3 Å². The van der Waals surface area contributed by atoms with E-state index < -0.39 is 0 Å². The third-order valence-corrected chi connectivity index (χ3v) is 5.69. The maximum absolute atomic E-state index is 12.4. The Labute approximate surface area is 143 Å². The number of aromatic nitrogens is 2. The fourth-order valence-corrected chi connectivity index (χ4v) is 3.97. The Morgan fingerprint density at radius 2 is 2.00 bits per heavy atom. The van der Waals surface area contributed by atoms with E-state index in [4.69, 9.17) is 0 Å². The molecule has 1 saturated heterocycles. The van der Waals surface area contributed by atoms with Crippen LogP contribution in [0.2, 0.25) is 0 Å². The quantitative estimate of drug-likeness (QED) is 0.927. The van der Waals surface area contributed by atoms with Gasteiger partial charge in [-0.15, -0.1) is 10.2 Å². The van der Waals surface area contributed by atoms with Crippen molar-refractivity contribution < 1.29 is 9.59 Å². The van der Waals surface area contributed by atoms with Gasteiger partial charge in [0.1, 0.15) is 5.01 Å². The predicted molar refractivity (Wildman–Crippen MR) is 92.0 cm³/mol. The summed E-state index contributed by atoms with van der Waals surface area (Å²) in [5.41, 5.74) is 0.834. The SMILES string of the molecule is O=C(Nc1nnc(C2CCC2)s1)C1CC(=O)N(c2ccccc2)C1. The lowest BCUT2D eigenvalue weighted by Crippen LogP contribution is -2.28. The average molecular weight is 342 g/mol. The van der Waals surface area contributed by atoms with Crippen molar-refractivity contribution in [2.75, 3.05) is 16.8 Å². The molecule has 1 unspecified atom stereocenters. The maximum Gasteiger partial charge on any atom is 0.231 e. The molecule has 2 amide bonds. The number of nitrogens with zero attached hydrogens (tertiary/aromatic N) is 3. The summed E-state index contributed by atoms with van der Waals surface area (Å²) < 4.78 is 0. The van der Waals surface area contributed by atoms with Crippen molar-refractivity contribution >= 4 is 34.0 Å². The first-order chi connectivity index (χ1) is 11.7. The molecule has 4 rings (SSSR count). The van der Waals surface area contributed by atoms with Crippen LogP contribution in [-0.2, 0) is 9.59 Å². The van der Waals surface area contributed by atoms with Gasteiger partial charge in [-0.3, -0.25) is 9.59 Å². The standard InChI is InChI=1S/C17H18N4O2S/c22-14-9-12(10-21(14)13-7-2-1-3-8-13)15(23)18-17-20-19-16(24-17)11-5-4-6-11/h1-3,7-8,11-12H,4-6,9-10H2,(H,18,20,23). The normalized spacial score (nSPS) is 20.9. The third-order valence-electron chi connectivity index (χ3n) is 4.69. The molecule has 124 valence electrons. The Kier molecular flexibility index (Phi) is 4.02. The first-order valence-electron chi connectivity index (χ1n) is 8.20. The van der Waals surface area contributed by atoms with E-state index in [-0.39, 0.29) is 24.2 Å². The molecule has 2 aliphatic rings. The summed E-state index contributed by atoms with van der Waals surface area (Å²) in [6.07, 6.45) is 3.79. The molecular formula is C17H18N4O2S. The van der Waals surface area contributed by atoms with Gasteiger partial charge in [-0.25, -0.2) is 0 Å². The van der Waals surface area contributed by atoms with Crippen molar-refractivity contribution in [3.05, 3.63) is 35.3 Å². The molecule has 1 N–H and O–H groups in total. The Bertz CT molecular complexity index is 757. The Morgan fingerprint density at radius 3 is 2.71 bits per heavy atom. The fourth-order valence-electron chi connectivity index (χ4n) is 3.05.